The Morgan fingerprint density at radius 1 is 1.54 bits per heavy atom. The summed E-state index contributed by atoms with van der Waals surface area (Å²) in [4.78, 5) is 4.61. The first-order valence-corrected chi connectivity index (χ1v) is 5.69. The van der Waals surface area contributed by atoms with Crippen molar-refractivity contribution in [1.82, 2.24) is 10.3 Å². The molecule has 1 atom stereocenters. The Bertz CT molecular complexity index is 251. The van der Waals surface area contributed by atoms with E-state index in [4.69, 9.17) is 0 Å². The average molecular weight is 198 g/mol. The Kier molecular flexibility index (Phi) is 3.88. The van der Waals surface area contributed by atoms with Gasteiger partial charge in [-0.05, 0) is 13.5 Å². The van der Waals surface area contributed by atoms with Gasteiger partial charge in [-0.3, -0.25) is 0 Å². The highest BCUT2D eigenvalue weighted by molar-refractivity contribution is 7.09. The molecule has 3 heteroatoms. The molecule has 1 N–H and O–H groups in total. The Labute approximate surface area is 84.4 Å². The van der Waals surface area contributed by atoms with E-state index in [1.165, 1.54) is 10.7 Å². The first-order valence-electron chi connectivity index (χ1n) is 4.81. The summed E-state index contributed by atoms with van der Waals surface area (Å²) in [5.74, 6) is 0.549. The van der Waals surface area contributed by atoms with Gasteiger partial charge in [0, 0.05) is 17.3 Å². The van der Waals surface area contributed by atoms with Crippen LogP contribution in [-0.4, -0.2) is 12.0 Å². The third-order valence-electron chi connectivity index (χ3n) is 2.15. The second-order valence-corrected chi connectivity index (χ2v) is 4.40. The van der Waals surface area contributed by atoms with Crippen molar-refractivity contribution in [3.8, 4) is 0 Å². The number of nitrogens with zero attached hydrogens (tertiary/aromatic N) is 1. The van der Waals surface area contributed by atoms with Crippen LogP contribution in [0.15, 0.2) is 5.38 Å². The standard InChI is InChI=1S/C10H18N2S/c1-5-8(11-4)9-6-13-10(12-9)7(2)3/h6-8,11H,5H2,1-4H3. The van der Waals surface area contributed by atoms with Gasteiger partial charge in [-0.15, -0.1) is 11.3 Å². The molecule has 1 unspecified atom stereocenters. The molecule has 0 aromatic carbocycles. The monoisotopic (exact) mass is 198 g/mol. The van der Waals surface area contributed by atoms with Gasteiger partial charge in [0.1, 0.15) is 0 Å². The first kappa shape index (κ1) is 10.7. The van der Waals surface area contributed by atoms with Gasteiger partial charge in [-0.1, -0.05) is 20.8 Å². The first-order chi connectivity index (χ1) is 6.19. The molecule has 0 bridgehead atoms. The van der Waals surface area contributed by atoms with Crippen LogP contribution in [0.2, 0.25) is 0 Å². The number of hydrogen-bond acceptors (Lipinski definition) is 3. The minimum absolute atomic E-state index is 0.420. The molecule has 0 aliphatic carbocycles. The highest BCUT2D eigenvalue weighted by atomic mass is 32.1. The number of nitrogens with one attached hydrogen (secondary N) is 1. The number of thiazole rings is 1. The molecule has 0 radical (unpaired) electrons. The SMILES string of the molecule is CCC(NC)c1csc(C(C)C)n1. The topological polar surface area (TPSA) is 24.9 Å². The fourth-order valence-corrected chi connectivity index (χ4v) is 2.18. The second-order valence-electron chi connectivity index (χ2n) is 3.51. The molecule has 1 heterocycles. The Balaban J connectivity index is 2.78. The van der Waals surface area contributed by atoms with Crippen molar-refractivity contribution in [3.05, 3.63) is 16.1 Å². The summed E-state index contributed by atoms with van der Waals surface area (Å²) >= 11 is 1.77. The highest BCUT2D eigenvalue weighted by Crippen LogP contribution is 2.23. The van der Waals surface area contributed by atoms with Gasteiger partial charge in [0.25, 0.3) is 0 Å². The molecule has 1 aromatic heterocycles. The quantitative estimate of drug-likeness (QED) is 0.804. The molecule has 0 saturated heterocycles. The van der Waals surface area contributed by atoms with E-state index in [0.29, 0.717) is 12.0 Å². The van der Waals surface area contributed by atoms with Crippen LogP contribution in [0.25, 0.3) is 0 Å². The molecule has 1 aromatic rings. The molecule has 74 valence electrons. The van der Waals surface area contributed by atoms with Crippen molar-refractivity contribution in [2.24, 2.45) is 0 Å². The lowest BCUT2D eigenvalue weighted by molar-refractivity contribution is 0.562. The van der Waals surface area contributed by atoms with Crippen molar-refractivity contribution in [1.29, 1.82) is 0 Å². The molecule has 0 saturated carbocycles. The minimum atomic E-state index is 0.420. The maximum Gasteiger partial charge on any atom is 0.0954 e. The summed E-state index contributed by atoms with van der Waals surface area (Å²) in [5, 5.41) is 6.67. The smallest absolute Gasteiger partial charge is 0.0954 e. The van der Waals surface area contributed by atoms with Crippen LogP contribution in [0.5, 0.6) is 0 Å². The van der Waals surface area contributed by atoms with Gasteiger partial charge in [-0.2, -0.15) is 0 Å². The summed E-state index contributed by atoms with van der Waals surface area (Å²) in [7, 11) is 1.99. The van der Waals surface area contributed by atoms with Crippen LogP contribution in [0, 0.1) is 0 Å². The van der Waals surface area contributed by atoms with Crippen LogP contribution >= 0.6 is 11.3 Å². The van der Waals surface area contributed by atoms with Crippen LogP contribution in [0.4, 0.5) is 0 Å². The molecule has 13 heavy (non-hydrogen) atoms. The summed E-state index contributed by atoms with van der Waals surface area (Å²) in [6.07, 6.45) is 1.10. The summed E-state index contributed by atoms with van der Waals surface area (Å²) in [6.45, 7) is 6.54. The normalized spacial score (nSPS) is 13.6. The maximum atomic E-state index is 4.61. The lowest BCUT2D eigenvalue weighted by Gasteiger charge is -2.09. The zero-order valence-corrected chi connectivity index (χ0v) is 9.61. The van der Waals surface area contributed by atoms with E-state index in [1.54, 1.807) is 11.3 Å². The van der Waals surface area contributed by atoms with E-state index in [2.05, 4.69) is 36.5 Å². The predicted octanol–water partition coefficient (Wildman–Crippen LogP) is 2.94. The van der Waals surface area contributed by atoms with E-state index in [-0.39, 0.29) is 0 Å². The molecule has 1 rings (SSSR count). The van der Waals surface area contributed by atoms with E-state index in [0.717, 1.165) is 6.42 Å². The minimum Gasteiger partial charge on any atom is -0.312 e. The van der Waals surface area contributed by atoms with Crippen molar-refractivity contribution in [3.63, 3.8) is 0 Å². The molecule has 0 spiro atoms. The summed E-state index contributed by atoms with van der Waals surface area (Å²) < 4.78 is 0. The molecule has 0 aliphatic rings. The molecular weight excluding hydrogens is 180 g/mol. The van der Waals surface area contributed by atoms with Crippen molar-refractivity contribution in [2.75, 3.05) is 7.05 Å². The van der Waals surface area contributed by atoms with Crippen molar-refractivity contribution < 1.29 is 0 Å². The molecule has 0 fully saturated rings. The van der Waals surface area contributed by atoms with Crippen LogP contribution < -0.4 is 5.32 Å². The third kappa shape index (κ3) is 2.51. The fourth-order valence-electron chi connectivity index (χ4n) is 1.29. The van der Waals surface area contributed by atoms with Gasteiger partial charge < -0.3 is 5.32 Å². The van der Waals surface area contributed by atoms with Gasteiger partial charge in [0.2, 0.25) is 0 Å². The van der Waals surface area contributed by atoms with E-state index in [9.17, 15) is 0 Å². The van der Waals surface area contributed by atoms with E-state index < -0.39 is 0 Å². The van der Waals surface area contributed by atoms with E-state index >= 15 is 0 Å². The summed E-state index contributed by atoms with van der Waals surface area (Å²) in [6, 6.07) is 0.420. The molecule has 0 aliphatic heterocycles. The fraction of sp³-hybridized carbons (Fsp3) is 0.700. The Morgan fingerprint density at radius 2 is 2.23 bits per heavy atom. The van der Waals surface area contributed by atoms with Crippen LogP contribution in [0.3, 0.4) is 0 Å². The molecule has 0 amide bonds. The summed E-state index contributed by atoms with van der Waals surface area (Å²) in [5.41, 5.74) is 1.19. The van der Waals surface area contributed by atoms with Crippen LogP contribution in [0.1, 0.15) is 49.9 Å². The van der Waals surface area contributed by atoms with Gasteiger partial charge in [0.15, 0.2) is 0 Å². The second kappa shape index (κ2) is 4.72. The largest absolute Gasteiger partial charge is 0.312 e. The zero-order chi connectivity index (χ0) is 9.84. The predicted molar refractivity (Wildman–Crippen MR) is 58.3 cm³/mol. The Morgan fingerprint density at radius 3 is 2.62 bits per heavy atom. The maximum absolute atomic E-state index is 4.61. The van der Waals surface area contributed by atoms with E-state index in [1.807, 2.05) is 7.05 Å². The molecule has 2 nitrogen and oxygen atoms in total. The molecular formula is C10H18N2S. The number of rotatable bonds is 4. The van der Waals surface area contributed by atoms with Crippen molar-refractivity contribution >= 4 is 11.3 Å². The third-order valence-corrected chi connectivity index (χ3v) is 3.31. The number of hydrogen-bond donors (Lipinski definition) is 1. The highest BCUT2D eigenvalue weighted by Gasteiger charge is 2.12. The Hall–Kier alpha value is -0.410. The lowest BCUT2D eigenvalue weighted by Crippen LogP contribution is -2.15. The van der Waals surface area contributed by atoms with Crippen molar-refractivity contribution in [2.45, 2.75) is 39.2 Å². The van der Waals surface area contributed by atoms with Crippen LogP contribution in [-0.2, 0) is 0 Å². The zero-order valence-electron chi connectivity index (χ0n) is 8.79. The van der Waals surface area contributed by atoms with Gasteiger partial charge in [0.05, 0.1) is 10.7 Å². The lowest BCUT2D eigenvalue weighted by atomic mass is 10.2. The number of aromatic nitrogens is 1. The van der Waals surface area contributed by atoms with Gasteiger partial charge in [-0.25, -0.2) is 4.98 Å². The average Bonchev–Trinajstić information content (AvgIpc) is 2.56. The van der Waals surface area contributed by atoms with Gasteiger partial charge >= 0.3 is 0 Å².